The zero-order chi connectivity index (χ0) is 33.6. The Morgan fingerprint density at radius 2 is 1.81 bits per heavy atom. The highest BCUT2D eigenvalue weighted by atomic mass is 16.8. The SMILES string of the molecule is C/C=C/CCCCC[C@@H]1C=C2[C@]3(CC(=O)N4CCc5ccccc54)CC4=C(C(=O)OC4=O)[C@H]4[C@H]1C[C@H](C(=O)CC/C=C/C)O[C@@]24O[C@@H]3O. The Morgan fingerprint density at radius 1 is 1.02 bits per heavy atom. The number of anilines is 1. The number of aliphatic hydroxyl groups excluding tert-OH is 1. The molecule has 2 aliphatic carbocycles. The van der Waals surface area contributed by atoms with Crippen LogP contribution in [0, 0.1) is 23.2 Å². The van der Waals surface area contributed by atoms with Gasteiger partial charge in [0.2, 0.25) is 11.7 Å². The van der Waals surface area contributed by atoms with Crippen LogP contribution in [0.15, 0.2) is 71.4 Å². The number of carbonyl (C=O) groups excluding carboxylic acids is 4. The Balaban J connectivity index is 1.32. The van der Waals surface area contributed by atoms with Crippen molar-refractivity contribution in [3.63, 3.8) is 0 Å². The Labute approximate surface area is 281 Å². The number of Topliss-reactive ketones (excluding diaryl/α,β-unsaturated/α-hetero) is 1. The second-order valence-corrected chi connectivity index (χ2v) is 14.1. The second kappa shape index (κ2) is 13.0. The minimum Gasteiger partial charge on any atom is -0.386 e. The van der Waals surface area contributed by atoms with Gasteiger partial charge in [-0.3, -0.25) is 9.59 Å². The zero-order valence-corrected chi connectivity index (χ0v) is 27.8. The maximum Gasteiger partial charge on any atom is 0.342 e. The van der Waals surface area contributed by atoms with Crippen molar-refractivity contribution in [3.8, 4) is 0 Å². The van der Waals surface area contributed by atoms with Gasteiger partial charge in [0, 0.05) is 30.6 Å². The van der Waals surface area contributed by atoms with Crippen LogP contribution in [0.4, 0.5) is 5.69 Å². The normalized spacial score (nSPS) is 33.3. The van der Waals surface area contributed by atoms with Crippen molar-refractivity contribution in [1.29, 1.82) is 0 Å². The van der Waals surface area contributed by atoms with Gasteiger partial charge in [0.1, 0.15) is 6.10 Å². The molecule has 2 saturated heterocycles. The largest absolute Gasteiger partial charge is 0.386 e. The van der Waals surface area contributed by atoms with Gasteiger partial charge < -0.3 is 24.2 Å². The maximum atomic E-state index is 14.3. The van der Waals surface area contributed by atoms with Crippen molar-refractivity contribution in [1.82, 2.24) is 0 Å². The van der Waals surface area contributed by atoms with Crippen molar-refractivity contribution in [3.05, 3.63) is 76.9 Å². The third kappa shape index (κ3) is 5.26. The van der Waals surface area contributed by atoms with E-state index in [1.54, 1.807) is 4.90 Å². The molecule has 9 heteroatoms. The topological polar surface area (TPSA) is 119 Å². The molecule has 1 N–H and O–H groups in total. The molecular weight excluding hydrogens is 610 g/mol. The van der Waals surface area contributed by atoms with Crippen molar-refractivity contribution in [2.45, 2.75) is 103 Å². The first-order valence-electron chi connectivity index (χ1n) is 17.6. The Morgan fingerprint density at radius 3 is 2.62 bits per heavy atom. The Kier molecular flexibility index (Phi) is 8.89. The number of unbranched alkanes of at least 4 members (excludes halogenated alkanes) is 3. The molecule has 254 valence electrons. The van der Waals surface area contributed by atoms with Gasteiger partial charge >= 0.3 is 11.9 Å². The number of hydrogen-bond acceptors (Lipinski definition) is 8. The van der Waals surface area contributed by atoms with Crippen molar-refractivity contribution in [2.75, 3.05) is 11.4 Å². The van der Waals surface area contributed by atoms with Gasteiger partial charge in [-0.1, -0.05) is 61.4 Å². The predicted octanol–water partition coefficient (Wildman–Crippen LogP) is 5.81. The van der Waals surface area contributed by atoms with Crippen LogP contribution < -0.4 is 4.90 Å². The number of hydrogen-bond donors (Lipinski definition) is 1. The first-order chi connectivity index (χ1) is 23.2. The zero-order valence-electron chi connectivity index (χ0n) is 27.8. The average Bonchev–Trinajstić information content (AvgIpc) is 3.66. The summed E-state index contributed by atoms with van der Waals surface area (Å²) in [6.45, 7) is 4.43. The number of ether oxygens (including phenoxy) is 3. The van der Waals surface area contributed by atoms with E-state index in [0.717, 1.165) is 49.8 Å². The molecule has 5 bridgehead atoms. The number of ketones is 1. The van der Waals surface area contributed by atoms with E-state index < -0.39 is 41.5 Å². The van der Waals surface area contributed by atoms with Crippen molar-refractivity contribution >= 4 is 29.3 Å². The van der Waals surface area contributed by atoms with Crippen molar-refractivity contribution in [2.24, 2.45) is 23.2 Å². The number of cyclic esters (lactones) is 2. The highest BCUT2D eigenvalue weighted by Gasteiger charge is 2.74. The minimum absolute atomic E-state index is 0.0684. The molecule has 4 aliphatic heterocycles. The van der Waals surface area contributed by atoms with E-state index >= 15 is 0 Å². The quantitative estimate of drug-likeness (QED) is 0.130. The van der Waals surface area contributed by atoms with Crippen LogP contribution in [0.1, 0.15) is 83.6 Å². The summed E-state index contributed by atoms with van der Waals surface area (Å²) in [5.41, 5.74) is 1.51. The number of carbonyl (C=O) groups is 4. The fourth-order valence-corrected chi connectivity index (χ4v) is 9.25. The van der Waals surface area contributed by atoms with E-state index in [9.17, 15) is 24.3 Å². The van der Waals surface area contributed by atoms with E-state index in [-0.39, 0.29) is 53.9 Å². The molecule has 9 nitrogen and oxygen atoms in total. The van der Waals surface area contributed by atoms with Crippen LogP contribution in [0.2, 0.25) is 0 Å². The first kappa shape index (κ1) is 32.9. The van der Waals surface area contributed by atoms with Gasteiger partial charge in [-0.15, -0.1) is 0 Å². The molecule has 7 rings (SSSR count). The number of nitrogens with zero attached hydrogens (tertiary/aromatic N) is 1. The fourth-order valence-electron chi connectivity index (χ4n) is 9.25. The lowest BCUT2D eigenvalue weighted by molar-refractivity contribution is -0.315. The number of para-hydroxylation sites is 1. The number of fused-ring (bicyclic) bond motifs is 1. The third-order valence-corrected chi connectivity index (χ3v) is 11.5. The lowest BCUT2D eigenvalue weighted by Gasteiger charge is -2.53. The van der Waals surface area contributed by atoms with Gasteiger partial charge in [0.15, 0.2) is 12.1 Å². The lowest BCUT2D eigenvalue weighted by Crippen LogP contribution is -2.59. The molecule has 1 amide bonds. The monoisotopic (exact) mass is 655 g/mol. The first-order valence-corrected chi connectivity index (χ1v) is 17.6. The van der Waals surface area contributed by atoms with Crippen LogP contribution in [0.3, 0.4) is 0 Å². The summed E-state index contributed by atoms with van der Waals surface area (Å²) in [6, 6.07) is 7.78. The van der Waals surface area contributed by atoms with Crippen LogP contribution in [-0.2, 0) is 39.8 Å². The van der Waals surface area contributed by atoms with E-state index in [4.69, 9.17) is 14.2 Å². The summed E-state index contributed by atoms with van der Waals surface area (Å²) < 4.78 is 18.5. The van der Waals surface area contributed by atoms with E-state index in [1.165, 1.54) is 0 Å². The molecule has 2 fully saturated rings. The smallest absolute Gasteiger partial charge is 0.342 e. The number of aliphatic hydroxyl groups is 1. The molecule has 1 aromatic carbocycles. The van der Waals surface area contributed by atoms with Crippen molar-refractivity contribution < 1.29 is 38.5 Å². The second-order valence-electron chi connectivity index (χ2n) is 14.1. The summed E-state index contributed by atoms with van der Waals surface area (Å²) in [4.78, 5) is 56.6. The Hall–Kier alpha value is -3.66. The van der Waals surface area contributed by atoms with Gasteiger partial charge in [0.25, 0.3) is 0 Å². The average molecular weight is 656 g/mol. The summed E-state index contributed by atoms with van der Waals surface area (Å²) in [7, 11) is 0. The number of esters is 2. The standard InChI is InChI=1S/C39H45NO8/c1-3-5-7-8-9-11-15-25-20-31-38(23-32(42)40-19-18-24-14-12-13-16-28(24)40)22-27-33(36(44)46-35(27)43)34-26(25)21-30(29(41)17-10-6-4-2)47-39(31,34)48-37(38)45/h3-6,12-14,16,20,25-26,30,34,37,45H,7-11,15,17-19,21-23H2,1-2H3/b5-3+,6-4+/t25-,26+,30-,34-,37+,38-,39-/m1/s1. The molecule has 6 aliphatic rings. The van der Waals surface area contributed by atoms with Crippen LogP contribution in [0.5, 0.6) is 0 Å². The predicted molar refractivity (Wildman–Crippen MR) is 177 cm³/mol. The molecular formula is C39H45NO8. The maximum absolute atomic E-state index is 14.3. The van der Waals surface area contributed by atoms with Crippen LogP contribution in [0.25, 0.3) is 0 Å². The number of allylic oxidation sites excluding steroid dienone is 5. The van der Waals surface area contributed by atoms with E-state index in [2.05, 4.69) is 18.2 Å². The molecule has 0 unspecified atom stereocenters. The molecule has 1 aromatic rings. The van der Waals surface area contributed by atoms with Gasteiger partial charge in [-0.05, 0) is 87.8 Å². The molecule has 1 spiro atoms. The molecule has 0 aromatic heterocycles. The molecule has 4 heterocycles. The number of amides is 1. The van der Waals surface area contributed by atoms with Gasteiger partial charge in [-0.2, -0.15) is 0 Å². The number of rotatable bonds is 12. The molecule has 48 heavy (non-hydrogen) atoms. The fraction of sp³-hybridized carbons (Fsp3) is 0.538. The highest BCUT2D eigenvalue weighted by Crippen LogP contribution is 2.68. The number of benzene rings is 1. The summed E-state index contributed by atoms with van der Waals surface area (Å²) in [6.07, 6.45) is 14.3. The Bertz CT molecular complexity index is 1640. The third-order valence-electron chi connectivity index (χ3n) is 11.5. The molecule has 0 radical (unpaired) electrons. The van der Waals surface area contributed by atoms with Crippen LogP contribution >= 0.6 is 0 Å². The van der Waals surface area contributed by atoms with Gasteiger partial charge in [-0.25, -0.2) is 9.59 Å². The minimum atomic E-state index is -1.67. The highest BCUT2D eigenvalue weighted by molar-refractivity contribution is 6.13. The summed E-state index contributed by atoms with van der Waals surface area (Å²) >= 11 is 0. The molecule has 0 saturated carbocycles. The van der Waals surface area contributed by atoms with Gasteiger partial charge in [0.05, 0.1) is 16.9 Å². The summed E-state index contributed by atoms with van der Waals surface area (Å²) in [5.74, 6) is -4.51. The van der Waals surface area contributed by atoms with E-state index in [1.807, 2.05) is 50.3 Å². The lowest BCUT2D eigenvalue weighted by atomic mass is 9.59. The van der Waals surface area contributed by atoms with Crippen LogP contribution in [-0.4, -0.2) is 53.5 Å². The summed E-state index contributed by atoms with van der Waals surface area (Å²) in [5, 5.41) is 12.0. The molecule has 7 atom stereocenters. The van der Waals surface area contributed by atoms with E-state index in [0.29, 0.717) is 25.0 Å².